The van der Waals surface area contributed by atoms with Crippen LogP contribution in [0.5, 0.6) is 0 Å². The van der Waals surface area contributed by atoms with Gasteiger partial charge in [-0.3, -0.25) is 0 Å². The van der Waals surface area contributed by atoms with Crippen molar-refractivity contribution in [2.24, 2.45) is 5.92 Å². The largest absolute Gasteiger partial charge is 0.361 e. The van der Waals surface area contributed by atoms with Gasteiger partial charge in [0.15, 0.2) is 0 Å². The summed E-state index contributed by atoms with van der Waals surface area (Å²) in [6.07, 6.45) is 9.97. The molecule has 0 bridgehead atoms. The normalized spacial score (nSPS) is 19.1. The molecule has 1 aliphatic heterocycles. The van der Waals surface area contributed by atoms with Gasteiger partial charge < -0.3 is 14.5 Å². The van der Waals surface area contributed by atoms with Crippen LogP contribution in [0.2, 0.25) is 0 Å². The van der Waals surface area contributed by atoms with E-state index < -0.39 is 0 Å². The number of hydrogen-bond donors (Lipinski definition) is 1. The van der Waals surface area contributed by atoms with Crippen molar-refractivity contribution in [3.05, 3.63) is 54.2 Å². The highest BCUT2D eigenvalue weighted by molar-refractivity contribution is 5.83. The van der Waals surface area contributed by atoms with Crippen molar-refractivity contribution in [2.75, 3.05) is 19.6 Å². The molecule has 0 aliphatic carbocycles. The Morgan fingerprint density at radius 2 is 2.21 bits per heavy atom. The molecule has 1 aliphatic rings. The van der Waals surface area contributed by atoms with E-state index in [1.165, 1.54) is 42.4 Å². The summed E-state index contributed by atoms with van der Waals surface area (Å²) in [6.45, 7) is 6.80. The Bertz CT molecular complexity index is 801. The van der Waals surface area contributed by atoms with Crippen molar-refractivity contribution < 1.29 is 0 Å². The number of nitrogens with zero attached hydrogens (tertiary/aromatic N) is 3. The van der Waals surface area contributed by atoms with Gasteiger partial charge in [0.1, 0.15) is 5.82 Å². The minimum absolute atomic E-state index is 0.745. The van der Waals surface area contributed by atoms with E-state index in [0.29, 0.717) is 0 Å². The van der Waals surface area contributed by atoms with Crippen molar-refractivity contribution in [3.8, 4) is 0 Å². The number of likely N-dealkylation sites (tertiary alicyclic amines) is 1. The fourth-order valence-electron chi connectivity index (χ4n) is 4.00. The number of piperidine rings is 1. The fraction of sp³-hybridized carbons (Fsp3) is 0.450. The van der Waals surface area contributed by atoms with Crippen LogP contribution in [0.15, 0.2) is 42.9 Å². The van der Waals surface area contributed by atoms with Gasteiger partial charge in [-0.25, -0.2) is 4.98 Å². The second-order valence-electron chi connectivity index (χ2n) is 7.05. The molecule has 3 heterocycles. The first-order chi connectivity index (χ1) is 11.8. The van der Waals surface area contributed by atoms with Crippen molar-refractivity contribution in [2.45, 2.75) is 32.7 Å². The van der Waals surface area contributed by atoms with Gasteiger partial charge in [-0.1, -0.05) is 18.2 Å². The molecular formula is C20H26N4. The zero-order valence-corrected chi connectivity index (χ0v) is 14.4. The molecule has 0 radical (unpaired) electrons. The highest BCUT2D eigenvalue weighted by atomic mass is 15.1. The summed E-state index contributed by atoms with van der Waals surface area (Å²) >= 11 is 0. The second-order valence-corrected chi connectivity index (χ2v) is 7.05. The summed E-state index contributed by atoms with van der Waals surface area (Å²) in [5.41, 5.74) is 2.69. The van der Waals surface area contributed by atoms with E-state index in [-0.39, 0.29) is 0 Å². The van der Waals surface area contributed by atoms with E-state index >= 15 is 0 Å². The van der Waals surface area contributed by atoms with Crippen LogP contribution in [0.3, 0.4) is 0 Å². The Kier molecular flexibility index (Phi) is 4.39. The maximum atomic E-state index is 4.35. The molecule has 4 rings (SSSR count). The molecule has 4 nitrogen and oxygen atoms in total. The first-order valence-corrected chi connectivity index (χ1v) is 9.04. The maximum Gasteiger partial charge on any atom is 0.105 e. The van der Waals surface area contributed by atoms with Gasteiger partial charge in [0, 0.05) is 49.1 Å². The van der Waals surface area contributed by atoms with Gasteiger partial charge in [0.25, 0.3) is 0 Å². The predicted molar refractivity (Wildman–Crippen MR) is 98.1 cm³/mol. The highest BCUT2D eigenvalue weighted by Gasteiger charge is 2.20. The number of H-pyrrole nitrogens is 1. The molecule has 1 N–H and O–H groups in total. The molecule has 0 spiro atoms. The van der Waals surface area contributed by atoms with Crippen LogP contribution >= 0.6 is 0 Å². The lowest BCUT2D eigenvalue weighted by Crippen LogP contribution is -2.38. The van der Waals surface area contributed by atoms with Crippen LogP contribution in [0, 0.1) is 12.8 Å². The van der Waals surface area contributed by atoms with Crippen molar-refractivity contribution in [3.63, 3.8) is 0 Å². The summed E-state index contributed by atoms with van der Waals surface area (Å²) in [7, 11) is 0. The molecule has 0 saturated carbocycles. The van der Waals surface area contributed by atoms with Gasteiger partial charge in [0.05, 0.1) is 0 Å². The van der Waals surface area contributed by atoms with Gasteiger partial charge in [-0.05, 0) is 50.3 Å². The van der Waals surface area contributed by atoms with E-state index in [1.54, 1.807) is 0 Å². The first-order valence-electron chi connectivity index (χ1n) is 9.04. The molecule has 126 valence electrons. The number of para-hydroxylation sites is 1. The zero-order valence-electron chi connectivity index (χ0n) is 14.4. The molecule has 0 amide bonds. The Morgan fingerprint density at radius 1 is 1.29 bits per heavy atom. The first kappa shape index (κ1) is 15.5. The standard InChI is InChI=1S/C20H26N4/c1-16-21-9-12-24(16)15-17-5-4-10-23(14-17)11-8-18-13-22-20-7-3-2-6-19(18)20/h2-3,6-7,9,12-13,17,22H,4-5,8,10-11,14-15H2,1H3/t17-/m0/s1. The van der Waals surface area contributed by atoms with Crippen LogP contribution < -0.4 is 0 Å². The molecule has 1 fully saturated rings. The molecule has 3 aromatic rings. The fourth-order valence-corrected chi connectivity index (χ4v) is 4.00. The van der Waals surface area contributed by atoms with Crippen molar-refractivity contribution in [1.29, 1.82) is 0 Å². The predicted octanol–water partition coefficient (Wildman–Crippen LogP) is 3.63. The maximum absolute atomic E-state index is 4.35. The van der Waals surface area contributed by atoms with Crippen LogP contribution in [0.25, 0.3) is 10.9 Å². The third-order valence-electron chi connectivity index (χ3n) is 5.35. The quantitative estimate of drug-likeness (QED) is 0.779. The zero-order chi connectivity index (χ0) is 16.4. The second kappa shape index (κ2) is 6.81. The number of imidazole rings is 1. The van der Waals surface area contributed by atoms with Gasteiger partial charge >= 0.3 is 0 Å². The monoisotopic (exact) mass is 322 g/mol. The number of nitrogens with one attached hydrogen (secondary N) is 1. The number of aryl methyl sites for hydroxylation is 1. The topological polar surface area (TPSA) is 36.9 Å². The van der Waals surface area contributed by atoms with Crippen LogP contribution in [-0.4, -0.2) is 39.1 Å². The minimum Gasteiger partial charge on any atom is -0.361 e. The highest BCUT2D eigenvalue weighted by Crippen LogP contribution is 2.21. The summed E-state index contributed by atoms with van der Waals surface area (Å²) < 4.78 is 2.30. The Hall–Kier alpha value is -2.07. The molecule has 1 saturated heterocycles. The molecular weight excluding hydrogens is 296 g/mol. The number of aromatic amines is 1. The van der Waals surface area contributed by atoms with E-state index in [4.69, 9.17) is 0 Å². The lowest BCUT2D eigenvalue weighted by atomic mass is 9.97. The minimum atomic E-state index is 0.745. The van der Waals surface area contributed by atoms with Gasteiger partial charge in [-0.15, -0.1) is 0 Å². The average Bonchev–Trinajstić information content (AvgIpc) is 3.20. The smallest absolute Gasteiger partial charge is 0.105 e. The summed E-state index contributed by atoms with van der Waals surface area (Å²) in [6, 6.07) is 8.60. The number of fused-ring (bicyclic) bond motifs is 1. The van der Waals surface area contributed by atoms with Crippen molar-refractivity contribution >= 4 is 10.9 Å². The van der Waals surface area contributed by atoms with Crippen LogP contribution in [-0.2, 0) is 13.0 Å². The third kappa shape index (κ3) is 3.24. The summed E-state index contributed by atoms with van der Waals surface area (Å²) in [5.74, 6) is 1.88. The van der Waals surface area contributed by atoms with E-state index in [9.17, 15) is 0 Å². The van der Waals surface area contributed by atoms with E-state index in [2.05, 4.69) is 63.0 Å². The number of aromatic nitrogens is 3. The van der Waals surface area contributed by atoms with Crippen molar-refractivity contribution in [1.82, 2.24) is 19.4 Å². The van der Waals surface area contributed by atoms with Crippen LogP contribution in [0.4, 0.5) is 0 Å². The molecule has 24 heavy (non-hydrogen) atoms. The van der Waals surface area contributed by atoms with Gasteiger partial charge in [0.2, 0.25) is 0 Å². The molecule has 2 aromatic heterocycles. The molecule has 4 heteroatoms. The third-order valence-corrected chi connectivity index (χ3v) is 5.35. The van der Waals surface area contributed by atoms with E-state index in [1.807, 2.05) is 6.20 Å². The summed E-state index contributed by atoms with van der Waals surface area (Å²) in [5, 5.41) is 1.38. The number of hydrogen-bond acceptors (Lipinski definition) is 2. The molecule has 0 unspecified atom stereocenters. The Balaban J connectivity index is 1.35. The SMILES string of the molecule is Cc1nccn1C[C@H]1CCCN(CCc2c[nH]c3ccccc23)C1. The number of rotatable bonds is 5. The van der Waals surface area contributed by atoms with Crippen LogP contribution in [0.1, 0.15) is 24.2 Å². The number of benzene rings is 1. The Morgan fingerprint density at radius 3 is 3.08 bits per heavy atom. The molecule has 1 atom stereocenters. The summed E-state index contributed by atoms with van der Waals surface area (Å²) in [4.78, 5) is 10.4. The van der Waals surface area contributed by atoms with Gasteiger partial charge in [-0.2, -0.15) is 0 Å². The average molecular weight is 322 g/mol. The van der Waals surface area contributed by atoms with E-state index in [0.717, 1.165) is 31.3 Å². The Labute approximate surface area is 143 Å². The molecule has 1 aromatic carbocycles. The lowest BCUT2D eigenvalue weighted by molar-refractivity contribution is 0.164. The lowest BCUT2D eigenvalue weighted by Gasteiger charge is -2.33.